The van der Waals surface area contributed by atoms with Crippen molar-refractivity contribution in [1.29, 1.82) is 0 Å². The van der Waals surface area contributed by atoms with Crippen LogP contribution in [0.15, 0.2) is 71.1 Å². The number of para-hydroxylation sites is 1. The first-order valence-corrected chi connectivity index (χ1v) is 10.8. The summed E-state index contributed by atoms with van der Waals surface area (Å²) in [5.41, 5.74) is 0. The van der Waals surface area contributed by atoms with Gasteiger partial charge in [0.1, 0.15) is 23.4 Å². The summed E-state index contributed by atoms with van der Waals surface area (Å²) in [6.45, 7) is 0.694. The molecule has 1 atom stereocenters. The highest BCUT2D eigenvalue weighted by molar-refractivity contribution is 7.89. The average Bonchev–Trinajstić information content (AvgIpc) is 3.16. The molecule has 0 amide bonds. The highest BCUT2D eigenvalue weighted by Gasteiger charge is 2.36. The number of nitrogens with zero attached hydrogens (tertiary/aromatic N) is 2. The first kappa shape index (κ1) is 18.0. The van der Waals surface area contributed by atoms with Gasteiger partial charge in [-0.2, -0.15) is 4.31 Å². The lowest BCUT2D eigenvalue weighted by Gasteiger charge is -2.22. The molecule has 1 aromatic carbocycles. The van der Waals surface area contributed by atoms with Crippen LogP contribution in [0.2, 0.25) is 0 Å². The van der Waals surface area contributed by atoms with E-state index in [0.29, 0.717) is 12.3 Å². The summed E-state index contributed by atoms with van der Waals surface area (Å²) >= 11 is 1.52. The predicted octanol–water partition coefficient (Wildman–Crippen LogP) is 3.17. The predicted molar refractivity (Wildman–Crippen MR) is 103 cm³/mol. The molecule has 0 saturated carbocycles. The molecule has 1 aliphatic heterocycles. The van der Waals surface area contributed by atoms with Gasteiger partial charge in [0.05, 0.1) is 6.54 Å². The first-order valence-electron chi connectivity index (χ1n) is 8.45. The van der Waals surface area contributed by atoms with Gasteiger partial charge in [-0.25, -0.2) is 13.4 Å². The van der Waals surface area contributed by atoms with Gasteiger partial charge in [-0.05, 0) is 35.7 Å². The van der Waals surface area contributed by atoms with Gasteiger partial charge in [0, 0.05) is 17.6 Å². The molecule has 0 radical (unpaired) electrons. The monoisotopic (exact) mass is 402 g/mol. The smallest absolute Gasteiger partial charge is 0.248 e. The molecular weight excluding hydrogens is 384 g/mol. The van der Waals surface area contributed by atoms with Gasteiger partial charge in [0.25, 0.3) is 0 Å². The van der Waals surface area contributed by atoms with Crippen molar-refractivity contribution < 1.29 is 17.9 Å². The number of aromatic nitrogens is 1. The molecule has 8 heteroatoms. The Morgan fingerprint density at radius 3 is 2.78 bits per heavy atom. The van der Waals surface area contributed by atoms with Gasteiger partial charge in [-0.1, -0.05) is 24.3 Å². The standard InChI is InChI=1S/C19H18N2O4S2/c22-27(23)18-9-4-10-20-19(18)25-16(14-24-15-6-2-1-3-7-15)12-21(27)13-17-8-5-11-26-17/h1-11,16H,12-14H2. The van der Waals surface area contributed by atoms with E-state index in [2.05, 4.69) is 4.98 Å². The van der Waals surface area contributed by atoms with Crippen LogP contribution >= 0.6 is 11.3 Å². The fraction of sp³-hybridized carbons (Fsp3) is 0.211. The SMILES string of the molecule is O=S1(=O)c2cccnc2OC(COc2ccccc2)CN1Cc1cccs1. The van der Waals surface area contributed by atoms with Crippen molar-refractivity contribution in [3.63, 3.8) is 0 Å². The lowest BCUT2D eigenvalue weighted by atomic mass is 10.3. The highest BCUT2D eigenvalue weighted by Crippen LogP contribution is 2.30. The third-order valence-electron chi connectivity index (χ3n) is 4.13. The number of rotatable bonds is 5. The number of ether oxygens (including phenoxy) is 2. The van der Waals surface area contributed by atoms with Crippen molar-refractivity contribution in [2.45, 2.75) is 17.5 Å². The van der Waals surface area contributed by atoms with Crippen LogP contribution in [0.25, 0.3) is 0 Å². The second kappa shape index (κ2) is 7.67. The molecule has 1 unspecified atom stereocenters. The van der Waals surface area contributed by atoms with Crippen LogP contribution in [0.4, 0.5) is 0 Å². The maximum absolute atomic E-state index is 13.1. The Morgan fingerprint density at radius 2 is 2.00 bits per heavy atom. The fourth-order valence-corrected chi connectivity index (χ4v) is 5.16. The Labute approximate surface area is 162 Å². The lowest BCUT2D eigenvalue weighted by molar-refractivity contribution is 0.106. The summed E-state index contributed by atoms with van der Waals surface area (Å²) in [5, 5.41) is 1.93. The third-order valence-corrected chi connectivity index (χ3v) is 6.82. The first-order chi connectivity index (χ1) is 13.1. The van der Waals surface area contributed by atoms with Crippen LogP contribution in [0, 0.1) is 0 Å². The summed E-state index contributed by atoms with van der Waals surface area (Å²) in [6.07, 6.45) is 1.05. The summed E-state index contributed by atoms with van der Waals surface area (Å²) in [5.74, 6) is 0.826. The molecule has 0 saturated heterocycles. The Hall–Kier alpha value is -2.42. The molecule has 1 aliphatic rings. The van der Waals surface area contributed by atoms with Gasteiger partial charge < -0.3 is 9.47 Å². The van der Waals surface area contributed by atoms with Crippen molar-refractivity contribution in [3.05, 3.63) is 71.1 Å². The summed E-state index contributed by atoms with van der Waals surface area (Å²) < 4.78 is 39.4. The number of pyridine rings is 1. The fourth-order valence-electron chi connectivity index (χ4n) is 2.84. The van der Waals surface area contributed by atoms with Crippen molar-refractivity contribution in [1.82, 2.24) is 9.29 Å². The molecule has 6 nitrogen and oxygen atoms in total. The van der Waals surface area contributed by atoms with E-state index >= 15 is 0 Å². The maximum Gasteiger partial charge on any atom is 0.248 e. The van der Waals surface area contributed by atoms with Gasteiger partial charge in [0.2, 0.25) is 15.9 Å². The van der Waals surface area contributed by atoms with E-state index in [1.807, 2.05) is 47.8 Å². The van der Waals surface area contributed by atoms with Crippen molar-refractivity contribution in [2.24, 2.45) is 0 Å². The van der Waals surface area contributed by atoms with Crippen LogP contribution in [0.5, 0.6) is 11.6 Å². The quantitative estimate of drug-likeness (QED) is 0.656. The molecule has 2 aromatic heterocycles. The van der Waals surface area contributed by atoms with E-state index in [1.54, 1.807) is 6.07 Å². The van der Waals surface area contributed by atoms with Crippen LogP contribution in [0.1, 0.15) is 4.88 Å². The molecule has 0 fully saturated rings. The van der Waals surface area contributed by atoms with Crippen molar-refractivity contribution >= 4 is 21.4 Å². The van der Waals surface area contributed by atoms with Gasteiger partial charge in [-0.3, -0.25) is 0 Å². The van der Waals surface area contributed by atoms with Crippen LogP contribution in [-0.2, 0) is 16.6 Å². The number of thiophene rings is 1. The molecule has 0 bridgehead atoms. The van der Waals surface area contributed by atoms with Crippen LogP contribution < -0.4 is 9.47 Å². The minimum atomic E-state index is -3.71. The van der Waals surface area contributed by atoms with E-state index in [0.717, 1.165) is 4.88 Å². The largest absolute Gasteiger partial charge is 0.490 e. The molecular formula is C19H18N2O4S2. The van der Waals surface area contributed by atoms with Crippen molar-refractivity contribution in [2.75, 3.05) is 13.2 Å². The maximum atomic E-state index is 13.1. The highest BCUT2D eigenvalue weighted by atomic mass is 32.2. The number of hydrogen-bond acceptors (Lipinski definition) is 6. The van der Waals surface area contributed by atoms with E-state index in [1.165, 1.54) is 27.9 Å². The Morgan fingerprint density at radius 1 is 1.15 bits per heavy atom. The zero-order valence-corrected chi connectivity index (χ0v) is 16.0. The lowest BCUT2D eigenvalue weighted by Crippen LogP contribution is -2.39. The van der Waals surface area contributed by atoms with Crippen molar-refractivity contribution in [3.8, 4) is 11.6 Å². The van der Waals surface area contributed by atoms with Crippen LogP contribution in [0.3, 0.4) is 0 Å². The molecule has 3 heterocycles. The molecule has 0 spiro atoms. The molecule has 27 heavy (non-hydrogen) atoms. The second-order valence-electron chi connectivity index (χ2n) is 6.05. The summed E-state index contributed by atoms with van der Waals surface area (Å²) in [6, 6.07) is 16.3. The van der Waals surface area contributed by atoms with Crippen LogP contribution in [-0.4, -0.2) is 37.0 Å². The van der Waals surface area contributed by atoms with E-state index in [4.69, 9.17) is 9.47 Å². The molecule has 0 aliphatic carbocycles. The molecule has 140 valence electrons. The van der Waals surface area contributed by atoms with E-state index < -0.39 is 16.1 Å². The van der Waals surface area contributed by atoms with E-state index in [-0.39, 0.29) is 23.9 Å². The number of hydrogen-bond donors (Lipinski definition) is 0. The van der Waals surface area contributed by atoms with Gasteiger partial charge in [-0.15, -0.1) is 11.3 Å². The number of benzene rings is 1. The number of sulfonamides is 1. The molecule has 0 N–H and O–H groups in total. The van der Waals surface area contributed by atoms with E-state index in [9.17, 15) is 8.42 Å². The summed E-state index contributed by atoms with van der Waals surface area (Å²) in [4.78, 5) is 5.18. The van der Waals surface area contributed by atoms with Gasteiger partial charge >= 0.3 is 0 Å². The topological polar surface area (TPSA) is 68.7 Å². The van der Waals surface area contributed by atoms with Gasteiger partial charge in [0.15, 0.2) is 0 Å². The second-order valence-corrected chi connectivity index (χ2v) is 8.99. The minimum absolute atomic E-state index is 0.0868. The molecule has 4 rings (SSSR count). The Bertz CT molecular complexity index is 992. The zero-order chi connectivity index (χ0) is 18.7. The minimum Gasteiger partial charge on any atom is -0.490 e. The Kier molecular flexibility index (Phi) is 5.11. The zero-order valence-electron chi connectivity index (χ0n) is 14.4. The molecule has 3 aromatic rings. The summed E-state index contributed by atoms with van der Waals surface area (Å²) in [7, 11) is -3.71. The number of fused-ring (bicyclic) bond motifs is 1. The average molecular weight is 402 g/mol. The third kappa shape index (κ3) is 3.97. The normalized spacial score (nSPS) is 18.9. The Balaban J connectivity index is 1.62.